The maximum absolute atomic E-state index is 11.3. The van der Waals surface area contributed by atoms with Crippen LogP contribution in [-0.4, -0.2) is 17.7 Å². The van der Waals surface area contributed by atoms with Crippen molar-refractivity contribution < 1.29 is 9.90 Å². The van der Waals surface area contributed by atoms with E-state index in [1.54, 1.807) is 18.2 Å². The Labute approximate surface area is 75.6 Å². The molecule has 4 nitrogen and oxygen atoms in total. The number of carbonyl (C=O) groups is 1. The predicted octanol–water partition coefficient (Wildman–Crippen LogP) is 0.108. The third-order valence-corrected chi connectivity index (χ3v) is 2.18. The first kappa shape index (κ1) is 8.07. The highest BCUT2D eigenvalue weighted by Crippen LogP contribution is 2.29. The molecule has 68 valence electrons. The molecule has 0 saturated carbocycles. The van der Waals surface area contributed by atoms with Crippen LogP contribution in [-0.2, 0) is 11.2 Å². The number of hydrogen-bond acceptors (Lipinski definition) is 3. The van der Waals surface area contributed by atoms with Gasteiger partial charge in [-0.2, -0.15) is 0 Å². The molecular weight excluding hydrogens is 168 g/mol. The van der Waals surface area contributed by atoms with Crippen molar-refractivity contribution in [1.82, 2.24) is 0 Å². The third kappa shape index (κ3) is 1.15. The standard InChI is InChI=1S/C9H10N2O2/c10-7-1-2-8-6(3-7)4-9(13)11(8)5-12/h1-3,12H,4-5,10H2. The van der Waals surface area contributed by atoms with Crippen LogP contribution in [0.1, 0.15) is 5.56 Å². The Morgan fingerprint density at radius 1 is 1.54 bits per heavy atom. The van der Waals surface area contributed by atoms with E-state index in [-0.39, 0.29) is 12.6 Å². The second-order valence-corrected chi connectivity index (χ2v) is 3.03. The summed E-state index contributed by atoms with van der Waals surface area (Å²) in [6, 6.07) is 5.24. The van der Waals surface area contributed by atoms with Crippen LogP contribution < -0.4 is 10.6 Å². The van der Waals surface area contributed by atoms with Gasteiger partial charge < -0.3 is 10.8 Å². The fourth-order valence-electron chi connectivity index (χ4n) is 1.56. The second kappa shape index (κ2) is 2.74. The smallest absolute Gasteiger partial charge is 0.233 e. The van der Waals surface area contributed by atoms with Gasteiger partial charge in [0.2, 0.25) is 5.91 Å². The molecule has 0 saturated heterocycles. The van der Waals surface area contributed by atoms with Crippen LogP contribution in [0.5, 0.6) is 0 Å². The summed E-state index contributed by atoms with van der Waals surface area (Å²) >= 11 is 0. The van der Waals surface area contributed by atoms with E-state index in [0.29, 0.717) is 12.1 Å². The number of hydrogen-bond donors (Lipinski definition) is 2. The number of benzene rings is 1. The SMILES string of the molecule is Nc1ccc2c(c1)CC(=O)N2CO. The minimum absolute atomic E-state index is 0.0805. The second-order valence-electron chi connectivity index (χ2n) is 3.03. The number of aliphatic hydroxyl groups excluding tert-OH is 1. The zero-order chi connectivity index (χ0) is 9.42. The number of amides is 1. The van der Waals surface area contributed by atoms with Gasteiger partial charge in [0.1, 0.15) is 6.73 Å². The van der Waals surface area contributed by atoms with Crippen LogP contribution >= 0.6 is 0 Å². The monoisotopic (exact) mass is 178 g/mol. The molecule has 1 aliphatic heterocycles. The molecule has 0 spiro atoms. The zero-order valence-corrected chi connectivity index (χ0v) is 7.03. The zero-order valence-electron chi connectivity index (χ0n) is 7.03. The largest absolute Gasteiger partial charge is 0.399 e. The summed E-state index contributed by atoms with van der Waals surface area (Å²) in [6.07, 6.45) is 0.334. The highest BCUT2D eigenvalue weighted by Gasteiger charge is 2.26. The van der Waals surface area contributed by atoms with Gasteiger partial charge in [0, 0.05) is 11.4 Å². The lowest BCUT2D eigenvalue weighted by atomic mass is 10.1. The van der Waals surface area contributed by atoms with Crippen LogP contribution in [0.15, 0.2) is 18.2 Å². The third-order valence-electron chi connectivity index (χ3n) is 2.18. The van der Waals surface area contributed by atoms with Crippen LogP contribution in [0.4, 0.5) is 11.4 Å². The fraction of sp³-hybridized carbons (Fsp3) is 0.222. The van der Waals surface area contributed by atoms with Crippen molar-refractivity contribution in [2.75, 3.05) is 17.4 Å². The highest BCUT2D eigenvalue weighted by molar-refractivity contribution is 6.01. The molecular formula is C9H10N2O2. The number of fused-ring (bicyclic) bond motifs is 1. The van der Waals surface area contributed by atoms with Crippen molar-refractivity contribution in [3.05, 3.63) is 23.8 Å². The Bertz CT molecular complexity index is 363. The van der Waals surface area contributed by atoms with E-state index >= 15 is 0 Å². The van der Waals surface area contributed by atoms with Gasteiger partial charge in [-0.15, -0.1) is 0 Å². The molecule has 3 N–H and O–H groups in total. The first-order valence-electron chi connectivity index (χ1n) is 4.02. The minimum Gasteiger partial charge on any atom is -0.399 e. The number of carbonyl (C=O) groups excluding carboxylic acids is 1. The Morgan fingerprint density at radius 2 is 2.31 bits per heavy atom. The average molecular weight is 178 g/mol. The normalized spacial score (nSPS) is 14.8. The lowest BCUT2D eigenvalue weighted by molar-refractivity contribution is -0.118. The van der Waals surface area contributed by atoms with Gasteiger partial charge >= 0.3 is 0 Å². The van der Waals surface area contributed by atoms with E-state index in [2.05, 4.69) is 0 Å². The summed E-state index contributed by atoms with van der Waals surface area (Å²) in [7, 11) is 0. The van der Waals surface area contributed by atoms with Crippen molar-refractivity contribution in [3.8, 4) is 0 Å². The van der Waals surface area contributed by atoms with Crippen molar-refractivity contribution in [3.63, 3.8) is 0 Å². The van der Waals surface area contributed by atoms with E-state index in [0.717, 1.165) is 11.3 Å². The topological polar surface area (TPSA) is 66.6 Å². The molecule has 1 amide bonds. The van der Waals surface area contributed by atoms with Crippen molar-refractivity contribution in [2.45, 2.75) is 6.42 Å². The average Bonchev–Trinajstić information content (AvgIpc) is 2.39. The molecule has 0 bridgehead atoms. The molecule has 0 fully saturated rings. The Hall–Kier alpha value is -1.55. The van der Waals surface area contributed by atoms with Crippen LogP contribution in [0.3, 0.4) is 0 Å². The molecule has 0 atom stereocenters. The summed E-state index contributed by atoms with van der Waals surface area (Å²) in [5.74, 6) is -0.0805. The molecule has 1 heterocycles. The quantitative estimate of drug-likeness (QED) is 0.600. The molecule has 1 aliphatic rings. The molecule has 4 heteroatoms. The Kier molecular flexibility index (Phi) is 1.70. The molecule has 2 rings (SSSR count). The number of rotatable bonds is 1. The molecule has 1 aromatic carbocycles. The fourth-order valence-corrected chi connectivity index (χ4v) is 1.56. The number of nitrogens with zero attached hydrogens (tertiary/aromatic N) is 1. The van der Waals surface area contributed by atoms with Gasteiger partial charge in [-0.3, -0.25) is 9.69 Å². The highest BCUT2D eigenvalue weighted by atomic mass is 16.3. The van der Waals surface area contributed by atoms with E-state index in [9.17, 15) is 4.79 Å². The van der Waals surface area contributed by atoms with Crippen LogP contribution in [0.2, 0.25) is 0 Å². The van der Waals surface area contributed by atoms with Gasteiger partial charge in [-0.05, 0) is 23.8 Å². The molecule has 0 radical (unpaired) electrons. The number of nitrogen functional groups attached to an aromatic ring is 1. The summed E-state index contributed by atoms with van der Waals surface area (Å²) in [5, 5.41) is 8.93. The van der Waals surface area contributed by atoms with E-state index in [1.807, 2.05) is 0 Å². The first-order valence-corrected chi connectivity index (χ1v) is 4.02. The summed E-state index contributed by atoms with van der Waals surface area (Å²) < 4.78 is 0. The molecule has 0 aliphatic carbocycles. The lowest BCUT2D eigenvalue weighted by Gasteiger charge is -2.13. The van der Waals surface area contributed by atoms with Crippen LogP contribution in [0, 0.1) is 0 Å². The van der Waals surface area contributed by atoms with Gasteiger partial charge in [0.05, 0.1) is 6.42 Å². The van der Waals surface area contributed by atoms with Gasteiger partial charge in [-0.1, -0.05) is 0 Å². The van der Waals surface area contributed by atoms with Crippen molar-refractivity contribution >= 4 is 17.3 Å². The van der Waals surface area contributed by atoms with Gasteiger partial charge in [0.15, 0.2) is 0 Å². The Morgan fingerprint density at radius 3 is 3.00 bits per heavy atom. The van der Waals surface area contributed by atoms with E-state index in [4.69, 9.17) is 10.8 Å². The Balaban J connectivity index is 2.48. The molecule has 1 aromatic rings. The minimum atomic E-state index is -0.268. The van der Waals surface area contributed by atoms with Crippen molar-refractivity contribution in [2.24, 2.45) is 0 Å². The van der Waals surface area contributed by atoms with Gasteiger partial charge in [0.25, 0.3) is 0 Å². The van der Waals surface area contributed by atoms with E-state index < -0.39 is 0 Å². The maximum Gasteiger partial charge on any atom is 0.233 e. The number of aliphatic hydroxyl groups is 1. The van der Waals surface area contributed by atoms with Gasteiger partial charge in [-0.25, -0.2) is 0 Å². The molecule has 0 aromatic heterocycles. The van der Waals surface area contributed by atoms with E-state index in [1.165, 1.54) is 4.90 Å². The first-order chi connectivity index (χ1) is 6.22. The summed E-state index contributed by atoms with van der Waals surface area (Å²) in [5.41, 5.74) is 7.87. The summed E-state index contributed by atoms with van der Waals surface area (Å²) in [6.45, 7) is -0.268. The molecule has 13 heavy (non-hydrogen) atoms. The summed E-state index contributed by atoms with van der Waals surface area (Å²) in [4.78, 5) is 12.6. The van der Waals surface area contributed by atoms with Crippen molar-refractivity contribution in [1.29, 1.82) is 0 Å². The number of anilines is 2. The van der Waals surface area contributed by atoms with Crippen LogP contribution in [0.25, 0.3) is 0 Å². The number of nitrogens with two attached hydrogens (primary N) is 1. The molecule has 0 unspecified atom stereocenters. The maximum atomic E-state index is 11.3. The predicted molar refractivity (Wildman–Crippen MR) is 49.1 cm³/mol. The lowest BCUT2D eigenvalue weighted by Crippen LogP contribution is -2.27.